The fourth-order valence-corrected chi connectivity index (χ4v) is 5.69. The van der Waals surface area contributed by atoms with E-state index in [9.17, 15) is 14.7 Å². The number of likely N-dealkylation sites (N-methyl/N-ethyl adjacent to an activating group) is 1. The number of allylic oxidation sites excluding steroid dienone is 7. The maximum absolute atomic E-state index is 13.5. The molecule has 2 rings (SSSR count). The van der Waals surface area contributed by atoms with E-state index >= 15 is 0 Å². The van der Waals surface area contributed by atoms with Crippen LogP contribution < -0.4 is 5.32 Å². The average molecular weight is 577 g/mol. The van der Waals surface area contributed by atoms with Crippen molar-refractivity contribution in [2.24, 2.45) is 5.92 Å². The quantitative estimate of drug-likeness (QED) is 0.291. The van der Waals surface area contributed by atoms with Crippen LogP contribution in [-0.4, -0.2) is 52.8 Å². The summed E-state index contributed by atoms with van der Waals surface area (Å²) in [5.41, 5.74) is 9.11. The lowest BCUT2D eigenvalue weighted by Crippen LogP contribution is -2.52. The second-order valence-electron chi connectivity index (χ2n) is 13.0. The smallest absolute Gasteiger partial charge is 0.337 e. The van der Waals surface area contributed by atoms with E-state index in [-0.39, 0.29) is 18.0 Å². The molecule has 0 heterocycles. The highest BCUT2D eigenvalue weighted by Crippen LogP contribution is 2.46. The SMILES string of the molecule is C=C/C(C)=C(C)\C=C(/C)C1=C(C(OC(C)(C)C)C(=O)O)[C@@H](C)C(N(C)C(=O)NC(C)C)C(c2ccc(C)c(C)c2)=C1C. The minimum Gasteiger partial charge on any atom is -0.479 e. The fraction of sp³-hybridized carbons (Fsp3) is 0.500. The molecular formula is C36H52N2O4. The van der Waals surface area contributed by atoms with Crippen LogP contribution in [0.25, 0.3) is 5.57 Å². The molecule has 0 bridgehead atoms. The molecule has 6 nitrogen and oxygen atoms in total. The molecule has 0 aromatic heterocycles. The third-order valence-corrected chi connectivity index (χ3v) is 8.03. The molecular weight excluding hydrogens is 524 g/mol. The van der Waals surface area contributed by atoms with Crippen LogP contribution in [0, 0.1) is 19.8 Å². The number of amides is 2. The Labute approximate surface area is 253 Å². The van der Waals surface area contributed by atoms with Gasteiger partial charge in [-0.2, -0.15) is 0 Å². The number of carboxylic acids is 1. The summed E-state index contributed by atoms with van der Waals surface area (Å²) in [6.07, 6.45) is 2.71. The van der Waals surface area contributed by atoms with E-state index in [1.54, 1.807) is 11.9 Å². The second-order valence-corrected chi connectivity index (χ2v) is 13.0. The van der Waals surface area contributed by atoms with Gasteiger partial charge in [-0.25, -0.2) is 9.59 Å². The molecule has 2 unspecified atom stereocenters. The van der Waals surface area contributed by atoms with Gasteiger partial charge < -0.3 is 20.1 Å². The number of aryl methyl sites for hydroxylation is 2. The molecule has 3 atom stereocenters. The van der Waals surface area contributed by atoms with E-state index in [0.717, 1.165) is 44.6 Å². The number of hydrogen-bond acceptors (Lipinski definition) is 3. The van der Waals surface area contributed by atoms with Crippen LogP contribution in [0.5, 0.6) is 0 Å². The van der Waals surface area contributed by atoms with Crippen LogP contribution in [0.2, 0.25) is 0 Å². The number of nitrogens with zero attached hydrogens (tertiary/aromatic N) is 1. The Kier molecular flexibility index (Phi) is 11.4. The van der Waals surface area contributed by atoms with Gasteiger partial charge in [-0.3, -0.25) is 0 Å². The summed E-state index contributed by atoms with van der Waals surface area (Å²) in [7, 11) is 1.79. The first-order valence-electron chi connectivity index (χ1n) is 14.8. The number of rotatable bonds is 9. The summed E-state index contributed by atoms with van der Waals surface area (Å²) in [5.74, 6) is -1.43. The van der Waals surface area contributed by atoms with Crippen LogP contribution in [0.15, 0.2) is 70.4 Å². The van der Waals surface area contributed by atoms with Gasteiger partial charge in [0, 0.05) is 19.0 Å². The molecule has 0 saturated heterocycles. The van der Waals surface area contributed by atoms with E-state index in [1.807, 2.05) is 75.3 Å². The summed E-state index contributed by atoms with van der Waals surface area (Å²) in [6.45, 7) is 27.7. The van der Waals surface area contributed by atoms with Crippen molar-refractivity contribution in [2.75, 3.05) is 7.05 Å². The Hall–Kier alpha value is -3.38. The van der Waals surface area contributed by atoms with E-state index in [1.165, 1.54) is 5.56 Å². The zero-order valence-corrected chi connectivity index (χ0v) is 28.0. The summed E-state index contributed by atoms with van der Waals surface area (Å²) in [4.78, 5) is 28.2. The lowest BCUT2D eigenvalue weighted by atomic mass is 9.70. The minimum absolute atomic E-state index is 0.0522. The number of aliphatic carboxylic acids is 1. The number of nitrogens with one attached hydrogen (secondary N) is 1. The van der Waals surface area contributed by atoms with E-state index in [2.05, 4.69) is 50.0 Å². The van der Waals surface area contributed by atoms with Crippen LogP contribution >= 0.6 is 0 Å². The first-order chi connectivity index (χ1) is 19.3. The third-order valence-electron chi connectivity index (χ3n) is 8.03. The van der Waals surface area contributed by atoms with Gasteiger partial charge in [0.2, 0.25) is 0 Å². The van der Waals surface area contributed by atoms with Crippen molar-refractivity contribution in [1.29, 1.82) is 0 Å². The Bertz CT molecular complexity index is 1350. The van der Waals surface area contributed by atoms with Crippen molar-refractivity contribution >= 4 is 17.6 Å². The van der Waals surface area contributed by atoms with Gasteiger partial charge in [0.25, 0.3) is 0 Å². The molecule has 1 aliphatic rings. The molecule has 2 N–H and O–H groups in total. The monoisotopic (exact) mass is 576 g/mol. The van der Waals surface area contributed by atoms with Crippen molar-refractivity contribution in [3.8, 4) is 0 Å². The minimum atomic E-state index is -1.21. The Morgan fingerprint density at radius 3 is 2.14 bits per heavy atom. The molecule has 42 heavy (non-hydrogen) atoms. The Morgan fingerprint density at radius 2 is 1.67 bits per heavy atom. The summed E-state index contributed by atoms with van der Waals surface area (Å²) in [5, 5.41) is 13.6. The predicted molar refractivity (Wildman–Crippen MR) is 175 cm³/mol. The average Bonchev–Trinajstić information content (AvgIpc) is 2.87. The first kappa shape index (κ1) is 34.8. The Morgan fingerprint density at radius 1 is 1.07 bits per heavy atom. The molecule has 1 aliphatic carbocycles. The first-order valence-corrected chi connectivity index (χ1v) is 14.8. The fourth-order valence-electron chi connectivity index (χ4n) is 5.69. The molecule has 230 valence electrons. The van der Waals surface area contributed by atoms with Gasteiger partial charge in [0.05, 0.1) is 11.6 Å². The van der Waals surface area contributed by atoms with Gasteiger partial charge in [0.1, 0.15) is 0 Å². The number of ether oxygens (including phenoxy) is 1. The number of carbonyl (C=O) groups excluding carboxylic acids is 1. The highest BCUT2D eigenvalue weighted by molar-refractivity contribution is 5.87. The molecule has 0 spiro atoms. The summed E-state index contributed by atoms with van der Waals surface area (Å²) < 4.78 is 6.29. The number of carboxylic acid groups (broad SMARTS) is 1. The van der Waals surface area contributed by atoms with Crippen molar-refractivity contribution < 1.29 is 19.4 Å². The lowest BCUT2D eigenvalue weighted by molar-refractivity contribution is -0.156. The molecule has 0 aliphatic heterocycles. The molecule has 2 amide bonds. The number of hydrogen-bond donors (Lipinski definition) is 2. The zero-order chi connectivity index (χ0) is 32.3. The van der Waals surface area contributed by atoms with Gasteiger partial charge >= 0.3 is 12.0 Å². The zero-order valence-electron chi connectivity index (χ0n) is 28.0. The summed E-state index contributed by atoms with van der Waals surface area (Å²) >= 11 is 0. The van der Waals surface area contributed by atoms with E-state index < -0.39 is 23.7 Å². The second kappa shape index (κ2) is 13.7. The molecule has 6 heteroatoms. The molecule has 0 radical (unpaired) electrons. The van der Waals surface area contributed by atoms with Crippen molar-refractivity contribution in [2.45, 2.75) is 107 Å². The highest BCUT2D eigenvalue weighted by atomic mass is 16.5. The van der Waals surface area contributed by atoms with Gasteiger partial charge in [-0.05, 0) is 132 Å². The molecule has 1 aromatic rings. The highest BCUT2D eigenvalue weighted by Gasteiger charge is 2.44. The number of urea groups is 1. The topological polar surface area (TPSA) is 78.9 Å². The van der Waals surface area contributed by atoms with Crippen LogP contribution in [-0.2, 0) is 9.53 Å². The van der Waals surface area contributed by atoms with Crippen molar-refractivity contribution in [3.63, 3.8) is 0 Å². The summed E-state index contributed by atoms with van der Waals surface area (Å²) in [6, 6.07) is 5.67. The largest absolute Gasteiger partial charge is 0.479 e. The normalized spacial score (nSPS) is 19.5. The molecule has 0 fully saturated rings. The maximum atomic E-state index is 13.5. The van der Waals surface area contributed by atoms with Crippen molar-refractivity contribution in [3.05, 3.63) is 87.1 Å². The van der Waals surface area contributed by atoms with Crippen LogP contribution in [0.1, 0.15) is 85.9 Å². The van der Waals surface area contributed by atoms with E-state index in [4.69, 9.17) is 4.74 Å². The number of benzene rings is 1. The van der Waals surface area contributed by atoms with Gasteiger partial charge in [-0.15, -0.1) is 0 Å². The third kappa shape index (κ3) is 7.91. The maximum Gasteiger partial charge on any atom is 0.337 e. The van der Waals surface area contributed by atoms with Gasteiger partial charge in [0.15, 0.2) is 6.10 Å². The van der Waals surface area contributed by atoms with Crippen LogP contribution in [0.3, 0.4) is 0 Å². The number of carbonyl (C=O) groups is 2. The Balaban J connectivity index is 3.12. The molecule has 0 saturated carbocycles. The van der Waals surface area contributed by atoms with Crippen LogP contribution in [0.4, 0.5) is 4.79 Å². The molecule has 1 aromatic carbocycles. The van der Waals surface area contributed by atoms with E-state index in [0.29, 0.717) is 5.57 Å². The standard InChI is InChI=1S/C36H52N2O4/c1-15-21(4)23(6)18-25(8)29-26(9)30(28-17-16-22(5)24(7)19-28)32(38(14)35(41)37-20(2)3)27(10)31(29)33(34(39)40)42-36(11,12)13/h15-20,27,32-33H,1H2,2-14H3,(H,37,41)(H,39,40)/b23-21-,25-18+/t27-,32?,33?/m1/s1. The van der Waals surface area contributed by atoms with Crippen molar-refractivity contribution in [1.82, 2.24) is 10.2 Å². The lowest BCUT2D eigenvalue weighted by Gasteiger charge is -2.44. The predicted octanol–water partition coefficient (Wildman–Crippen LogP) is 8.18. The van der Waals surface area contributed by atoms with Gasteiger partial charge in [-0.1, -0.05) is 43.9 Å².